The molecule has 25 heavy (non-hydrogen) atoms. The molecule has 0 saturated heterocycles. The predicted octanol–water partition coefficient (Wildman–Crippen LogP) is 2.71. The van der Waals surface area contributed by atoms with Gasteiger partial charge in [0, 0.05) is 30.4 Å². The van der Waals surface area contributed by atoms with E-state index in [4.69, 9.17) is 0 Å². The lowest BCUT2D eigenvalue weighted by atomic mass is 10.1. The van der Waals surface area contributed by atoms with Crippen molar-refractivity contribution in [2.24, 2.45) is 5.92 Å². The number of aliphatic hydroxyl groups is 1. The molecule has 0 aliphatic rings. The molecule has 0 spiro atoms. The molecule has 0 bridgehead atoms. The average Bonchev–Trinajstić information content (AvgIpc) is 2.65. The van der Waals surface area contributed by atoms with Crippen molar-refractivity contribution < 1.29 is 14.7 Å². The number of benzene rings is 2. The molecule has 0 aromatic heterocycles. The van der Waals surface area contributed by atoms with Crippen LogP contribution in [0.15, 0.2) is 54.6 Å². The molecule has 0 radical (unpaired) electrons. The van der Waals surface area contributed by atoms with Gasteiger partial charge in [-0.1, -0.05) is 32.0 Å². The molecule has 2 aromatic rings. The Morgan fingerprint density at radius 2 is 1.56 bits per heavy atom. The number of carbonyl (C=O) groups is 2. The van der Waals surface area contributed by atoms with E-state index in [2.05, 4.69) is 5.32 Å². The molecule has 0 aliphatic heterocycles. The summed E-state index contributed by atoms with van der Waals surface area (Å²) in [5.41, 5.74) is 1.76. The minimum absolute atomic E-state index is 0.0776. The Bertz CT molecular complexity index is 711. The zero-order valence-corrected chi connectivity index (χ0v) is 14.8. The first-order valence-electron chi connectivity index (χ1n) is 8.29. The van der Waals surface area contributed by atoms with E-state index in [9.17, 15) is 14.7 Å². The van der Waals surface area contributed by atoms with Crippen LogP contribution in [-0.2, 0) is 0 Å². The summed E-state index contributed by atoms with van der Waals surface area (Å²) in [6, 6.07) is 15.9. The summed E-state index contributed by atoms with van der Waals surface area (Å²) in [6.45, 7) is 3.98. The van der Waals surface area contributed by atoms with Crippen LogP contribution in [0.3, 0.4) is 0 Å². The molecule has 2 aromatic carbocycles. The Kier molecular flexibility index (Phi) is 6.31. The molecular weight excluding hydrogens is 316 g/mol. The molecule has 132 valence electrons. The summed E-state index contributed by atoms with van der Waals surface area (Å²) >= 11 is 0. The van der Waals surface area contributed by atoms with Crippen molar-refractivity contribution in [2.75, 3.05) is 18.5 Å². The van der Waals surface area contributed by atoms with Crippen LogP contribution in [0.25, 0.3) is 0 Å². The highest BCUT2D eigenvalue weighted by atomic mass is 16.3. The Morgan fingerprint density at radius 3 is 2.12 bits per heavy atom. The first-order chi connectivity index (χ1) is 11.9. The summed E-state index contributed by atoms with van der Waals surface area (Å²) in [7, 11) is 1.71. The number of nitrogens with one attached hydrogen (secondary N) is 1. The fourth-order valence-corrected chi connectivity index (χ4v) is 2.26. The molecule has 2 amide bonds. The molecule has 0 aliphatic carbocycles. The SMILES string of the molecule is CC(C)C(O)CNC(=O)c1ccc(C(=O)N(C)c2ccccc2)cc1. The quantitative estimate of drug-likeness (QED) is 0.849. The zero-order valence-electron chi connectivity index (χ0n) is 14.8. The smallest absolute Gasteiger partial charge is 0.258 e. The molecular formula is C20H24N2O3. The molecule has 0 saturated carbocycles. The number of para-hydroxylation sites is 1. The van der Waals surface area contributed by atoms with Gasteiger partial charge in [0.05, 0.1) is 6.10 Å². The maximum atomic E-state index is 12.5. The van der Waals surface area contributed by atoms with Crippen molar-refractivity contribution in [2.45, 2.75) is 20.0 Å². The summed E-state index contributed by atoms with van der Waals surface area (Å²) in [4.78, 5) is 26.2. The van der Waals surface area contributed by atoms with Gasteiger partial charge in [0.1, 0.15) is 0 Å². The normalized spacial score (nSPS) is 11.9. The minimum atomic E-state index is -0.579. The summed E-state index contributed by atoms with van der Waals surface area (Å²) in [5, 5.41) is 12.4. The van der Waals surface area contributed by atoms with Crippen molar-refractivity contribution in [1.29, 1.82) is 0 Å². The standard InChI is InChI=1S/C20H24N2O3/c1-14(2)18(23)13-21-19(24)15-9-11-16(12-10-15)20(25)22(3)17-7-5-4-6-8-17/h4-12,14,18,23H,13H2,1-3H3,(H,21,24). The monoisotopic (exact) mass is 340 g/mol. The number of carbonyl (C=O) groups excluding carboxylic acids is 2. The van der Waals surface area contributed by atoms with Crippen LogP contribution in [0.5, 0.6) is 0 Å². The Labute approximate surface area is 148 Å². The molecule has 1 atom stereocenters. The molecule has 5 nitrogen and oxygen atoms in total. The van der Waals surface area contributed by atoms with Gasteiger partial charge in [0.25, 0.3) is 11.8 Å². The van der Waals surface area contributed by atoms with Crippen LogP contribution in [0.4, 0.5) is 5.69 Å². The third-order valence-corrected chi connectivity index (χ3v) is 4.08. The van der Waals surface area contributed by atoms with E-state index in [0.29, 0.717) is 11.1 Å². The second-order valence-corrected chi connectivity index (χ2v) is 6.30. The summed E-state index contributed by atoms with van der Waals surface area (Å²) in [6.07, 6.45) is -0.579. The second kappa shape index (κ2) is 8.44. The predicted molar refractivity (Wildman–Crippen MR) is 98.8 cm³/mol. The van der Waals surface area contributed by atoms with Crippen LogP contribution < -0.4 is 10.2 Å². The van der Waals surface area contributed by atoms with Crippen LogP contribution in [0.1, 0.15) is 34.6 Å². The highest BCUT2D eigenvalue weighted by Crippen LogP contribution is 2.15. The van der Waals surface area contributed by atoms with E-state index in [1.54, 1.807) is 36.2 Å². The van der Waals surface area contributed by atoms with Crippen molar-refractivity contribution >= 4 is 17.5 Å². The van der Waals surface area contributed by atoms with E-state index in [1.807, 2.05) is 44.2 Å². The van der Waals surface area contributed by atoms with Gasteiger partial charge in [-0.05, 0) is 42.3 Å². The molecule has 2 rings (SSSR count). The van der Waals surface area contributed by atoms with Crippen LogP contribution in [0, 0.1) is 5.92 Å². The largest absolute Gasteiger partial charge is 0.391 e. The number of aliphatic hydroxyl groups excluding tert-OH is 1. The number of anilines is 1. The van der Waals surface area contributed by atoms with E-state index >= 15 is 0 Å². The fraction of sp³-hybridized carbons (Fsp3) is 0.300. The lowest BCUT2D eigenvalue weighted by Gasteiger charge is -2.17. The van der Waals surface area contributed by atoms with Crippen molar-refractivity contribution in [3.8, 4) is 0 Å². The molecule has 0 heterocycles. The lowest BCUT2D eigenvalue weighted by molar-refractivity contribution is 0.0871. The van der Waals surface area contributed by atoms with Gasteiger partial charge in [-0.15, -0.1) is 0 Å². The van der Waals surface area contributed by atoms with E-state index in [0.717, 1.165) is 5.69 Å². The first kappa shape index (κ1) is 18.7. The van der Waals surface area contributed by atoms with E-state index < -0.39 is 6.10 Å². The van der Waals surface area contributed by atoms with Crippen LogP contribution >= 0.6 is 0 Å². The van der Waals surface area contributed by atoms with Gasteiger partial charge in [0.2, 0.25) is 0 Å². The molecule has 2 N–H and O–H groups in total. The molecule has 5 heteroatoms. The number of hydrogen-bond acceptors (Lipinski definition) is 3. The number of hydrogen-bond donors (Lipinski definition) is 2. The summed E-state index contributed by atoms with van der Waals surface area (Å²) in [5.74, 6) is -0.336. The van der Waals surface area contributed by atoms with Crippen molar-refractivity contribution in [3.05, 3.63) is 65.7 Å². The minimum Gasteiger partial charge on any atom is -0.391 e. The molecule has 0 fully saturated rings. The van der Waals surface area contributed by atoms with Gasteiger partial charge < -0.3 is 15.3 Å². The third kappa shape index (κ3) is 4.90. The second-order valence-electron chi connectivity index (χ2n) is 6.30. The van der Waals surface area contributed by atoms with Gasteiger partial charge in [-0.3, -0.25) is 9.59 Å². The highest BCUT2D eigenvalue weighted by molar-refractivity contribution is 6.06. The zero-order chi connectivity index (χ0) is 18.4. The topological polar surface area (TPSA) is 69.6 Å². The van der Waals surface area contributed by atoms with Gasteiger partial charge in [-0.25, -0.2) is 0 Å². The molecule has 1 unspecified atom stereocenters. The maximum absolute atomic E-state index is 12.5. The third-order valence-electron chi connectivity index (χ3n) is 4.08. The Morgan fingerprint density at radius 1 is 1.00 bits per heavy atom. The van der Waals surface area contributed by atoms with Crippen molar-refractivity contribution in [1.82, 2.24) is 5.32 Å². The first-order valence-corrected chi connectivity index (χ1v) is 8.29. The van der Waals surface area contributed by atoms with Crippen molar-refractivity contribution in [3.63, 3.8) is 0 Å². The Hall–Kier alpha value is -2.66. The van der Waals surface area contributed by atoms with E-state index in [1.165, 1.54) is 0 Å². The average molecular weight is 340 g/mol. The number of rotatable bonds is 6. The fourth-order valence-electron chi connectivity index (χ4n) is 2.26. The Balaban J connectivity index is 2.01. The lowest BCUT2D eigenvalue weighted by Crippen LogP contribution is -2.34. The van der Waals surface area contributed by atoms with Gasteiger partial charge in [0.15, 0.2) is 0 Å². The summed E-state index contributed by atoms with van der Waals surface area (Å²) < 4.78 is 0. The van der Waals surface area contributed by atoms with E-state index in [-0.39, 0.29) is 24.3 Å². The number of nitrogens with zero attached hydrogens (tertiary/aromatic N) is 1. The van der Waals surface area contributed by atoms with Crippen LogP contribution in [0.2, 0.25) is 0 Å². The number of amides is 2. The van der Waals surface area contributed by atoms with Gasteiger partial charge in [-0.2, -0.15) is 0 Å². The highest BCUT2D eigenvalue weighted by Gasteiger charge is 2.15. The van der Waals surface area contributed by atoms with Crippen LogP contribution in [-0.4, -0.2) is 36.6 Å². The van der Waals surface area contributed by atoms with Gasteiger partial charge >= 0.3 is 0 Å². The maximum Gasteiger partial charge on any atom is 0.258 e.